The molecule has 0 saturated carbocycles. The molecule has 1 aromatic carbocycles. The van der Waals surface area contributed by atoms with E-state index >= 15 is 0 Å². The largest absolute Gasteiger partial charge is 0.326 e. The van der Waals surface area contributed by atoms with Crippen LogP contribution in [0.3, 0.4) is 0 Å². The third-order valence-corrected chi connectivity index (χ3v) is 42.5. The summed E-state index contributed by atoms with van der Waals surface area (Å²) < 4.78 is 35.8. The van der Waals surface area contributed by atoms with E-state index in [1.807, 2.05) is 0 Å². The van der Waals surface area contributed by atoms with Crippen LogP contribution in [0.1, 0.15) is 69.2 Å². The fourth-order valence-corrected chi connectivity index (χ4v) is 66.7. The Kier molecular flexibility index (Phi) is 4.89. The predicted octanol–water partition coefficient (Wildman–Crippen LogP) is 8.20. The molecule has 6 unspecified atom stereocenters. The molecule has 6 atom stereocenters. The normalized spacial score (nSPS) is 38.9. The number of hydrogen-bond donors (Lipinski definition) is 1. The number of anilines is 1. The summed E-state index contributed by atoms with van der Waals surface area (Å²) in [5.41, 5.74) is 0.783. The molecule has 6 rings (SSSR count). The molecule has 0 aromatic heterocycles. The van der Waals surface area contributed by atoms with Crippen LogP contribution in [0, 0.1) is 10.8 Å². The molecule has 2 bridgehead atoms. The molecule has 5 fully saturated rings. The molecule has 0 radical (unpaired) electrons. The minimum absolute atomic E-state index is 0.0511. The third kappa shape index (κ3) is 2.59. The van der Waals surface area contributed by atoms with Crippen molar-refractivity contribution < 1.29 is 13.2 Å². The zero-order chi connectivity index (χ0) is 24.8. The number of nitrogens with zero attached hydrogens (tertiary/aromatic N) is 2. The second-order valence-corrected chi connectivity index (χ2v) is 30.0. The van der Waals surface area contributed by atoms with E-state index in [1.165, 1.54) is 6.92 Å². The van der Waals surface area contributed by atoms with E-state index < -0.39 is 24.5 Å². The Balaban J connectivity index is 1.69. The Morgan fingerprint density at radius 2 is 1.48 bits per heavy atom. The van der Waals surface area contributed by atoms with Gasteiger partial charge in [-0.25, -0.2) is 4.44 Å². The lowest BCUT2D eigenvalue weighted by Gasteiger charge is -2.47. The lowest BCUT2D eigenvalue weighted by atomic mass is 9.98. The van der Waals surface area contributed by atoms with Crippen molar-refractivity contribution in [3.63, 3.8) is 0 Å². The maximum absolute atomic E-state index is 13.8. The summed E-state index contributed by atoms with van der Waals surface area (Å²) >= 11 is 0. The molecule has 0 aliphatic carbocycles. The summed E-state index contributed by atoms with van der Waals surface area (Å²) in [5, 5.41) is 2.71. The second kappa shape index (κ2) is 6.51. The van der Waals surface area contributed by atoms with Gasteiger partial charge in [0, 0.05) is 33.7 Å². The minimum Gasteiger partial charge on any atom is -0.326 e. The monoisotopic (exact) mass is 545 g/mol. The summed E-state index contributed by atoms with van der Waals surface area (Å²) in [4.78, 5) is 11.6. The molecule has 5 saturated heterocycles. The number of carbonyl (C=O) groups excluding carboxylic acids is 1. The van der Waals surface area contributed by atoms with E-state index in [9.17, 15) is 13.2 Å². The number of hydrogen-bond acceptors (Lipinski definition) is 4. The smallest absolute Gasteiger partial charge is 0.281 e. The van der Waals surface area contributed by atoms with Crippen LogP contribution in [0.15, 0.2) is 33.3 Å². The van der Waals surface area contributed by atoms with Crippen LogP contribution >= 0.6 is 29.9 Å². The van der Waals surface area contributed by atoms with Gasteiger partial charge in [0.05, 0.1) is 20.9 Å². The van der Waals surface area contributed by atoms with E-state index in [4.69, 9.17) is 4.15 Å². The lowest BCUT2D eigenvalue weighted by molar-refractivity contribution is -0.114. The maximum Gasteiger partial charge on any atom is 0.281 e. The highest BCUT2D eigenvalue weighted by Gasteiger charge is 3.16. The Bertz CT molecular complexity index is 1210. The summed E-state index contributed by atoms with van der Waals surface area (Å²) in [5.74, 6) is -0.177. The predicted molar refractivity (Wildman–Crippen MR) is 144 cm³/mol. The average Bonchev–Trinajstić information content (AvgIpc) is 3.27. The van der Waals surface area contributed by atoms with Crippen LogP contribution in [0.25, 0.3) is 0 Å². The van der Waals surface area contributed by atoms with E-state index in [0.29, 0.717) is 5.69 Å². The Labute approximate surface area is 202 Å². The summed E-state index contributed by atoms with van der Waals surface area (Å²) in [7, 11) is -4.83. The topological polar surface area (TPSA) is 78.8 Å². The number of rotatable bonds is 3. The van der Waals surface area contributed by atoms with Crippen LogP contribution in [0.2, 0.25) is 0 Å². The first kappa shape index (κ1) is 24.8. The van der Waals surface area contributed by atoms with Gasteiger partial charge >= 0.3 is 0 Å². The molecular weight excluding hydrogens is 510 g/mol. The fourth-order valence-electron chi connectivity index (χ4n) is 6.17. The van der Waals surface area contributed by atoms with Crippen LogP contribution in [0.4, 0.5) is 5.69 Å². The van der Waals surface area contributed by atoms with Crippen molar-refractivity contribution in [1.29, 1.82) is 0 Å². The van der Waals surface area contributed by atoms with Crippen LogP contribution in [0.5, 0.6) is 0 Å². The highest BCUT2D eigenvalue weighted by molar-refractivity contribution is 8.86. The second-order valence-electron chi connectivity index (χ2n) is 12.5. The Morgan fingerprint density at radius 3 is 1.91 bits per heavy atom. The van der Waals surface area contributed by atoms with Gasteiger partial charge < -0.3 is 5.32 Å². The molecule has 5 heterocycles. The first-order valence-electron chi connectivity index (χ1n) is 11.3. The number of nitrogens with one attached hydrogen (secondary N) is 1. The first-order chi connectivity index (χ1) is 14.8. The summed E-state index contributed by atoms with van der Waals surface area (Å²) in [6.07, 6.45) is 0. The van der Waals surface area contributed by atoms with E-state index in [0.717, 1.165) is 0 Å². The fraction of sp³-hybridized carbons (Fsp3) is 0.682. The highest BCUT2D eigenvalue weighted by Crippen LogP contribution is 3.55. The van der Waals surface area contributed by atoms with Gasteiger partial charge in [-0.05, 0) is 63.5 Å². The van der Waals surface area contributed by atoms with Crippen molar-refractivity contribution >= 4 is 51.5 Å². The Morgan fingerprint density at radius 1 is 0.970 bits per heavy atom. The third-order valence-electron chi connectivity index (χ3n) is 7.07. The van der Waals surface area contributed by atoms with E-state index in [-0.39, 0.29) is 51.8 Å². The molecule has 5 aliphatic heterocycles. The SMILES string of the molecule is CC(=O)Nc1ccc(S(=O)(=O)N=P23P4N(C(C)(C)C)P5P(C52C(C)(C)C)C43C(C)(C)C)cc1. The number of carbonyl (C=O) groups is 1. The molecule has 6 nitrogen and oxygen atoms in total. The zero-order valence-electron chi connectivity index (χ0n) is 21.1. The number of benzene rings is 1. The first-order valence-corrected chi connectivity index (χ1v) is 19.8. The van der Waals surface area contributed by atoms with Crippen molar-refractivity contribution in [3.8, 4) is 0 Å². The lowest BCUT2D eigenvalue weighted by Crippen LogP contribution is -2.41. The van der Waals surface area contributed by atoms with Gasteiger partial charge in [0.1, 0.15) is 0 Å². The van der Waals surface area contributed by atoms with Gasteiger partial charge in [-0.2, -0.15) is 12.6 Å². The molecule has 0 spiro atoms. The van der Waals surface area contributed by atoms with Gasteiger partial charge in [-0.1, -0.05) is 41.5 Å². The number of amides is 1. The van der Waals surface area contributed by atoms with Crippen molar-refractivity contribution in [1.82, 2.24) is 4.44 Å². The molecule has 1 aromatic rings. The van der Waals surface area contributed by atoms with Gasteiger partial charge in [-0.15, -0.1) is 0 Å². The van der Waals surface area contributed by atoms with Gasteiger partial charge in [0.2, 0.25) is 5.91 Å². The molecule has 1 N–H and O–H groups in total. The average molecular weight is 546 g/mol. The van der Waals surface area contributed by atoms with E-state index in [2.05, 4.69) is 72.1 Å². The highest BCUT2D eigenvalue weighted by atomic mass is 32.3. The minimum atomic E-state index is -3.79. The molecule has 33 heavy (non-hydrogen) atoms. The number of sulfonamides is 1. The standard InChI is InChI=1S/C22H35N3O3P4S/c1-15(26)23-16-11-13-17(14-12-16)33(27,28)24-32-21(18(2,3)4)29-22(32,19(5,6)7)31(32)25(30(21)29)20(8,9)10/h11-14H,1-10H3,(H,23,26). The quantitative estimate of drug-likeness (QED) is 0.389. The van der Waals surface area contributed by atoms with Crippen LogP contribution in [-0.2, 0) is 14.8 Å². The van der Waals surface area contributed by atoms with Gasteiger partial charge in [0.25, 0.3) is 10.0 Å². The van der Waals surface area contributed by atoms with Crippen molar-refractivity contribution in [2.24, 2.45) is 15.0 Å². The van der Waals surface area contributed by atoms with Crippen molar-refractivity contribution in [2.45, 2.75) is 88.9 Å². The van der Waals surface area contributed by atoms with Crippen molar-refractivity contribution in [2.75, 3.05) is 5.32 Å². The molecule has 182 valence electrons. The zero-order valence-corrected chi connectivity index (χ0v) is 25.5. The molecular formula is C22H35N3O3P4S. The van der Waals surface area contributed by atoms with Crippen LogP contribution in [-0.4, -0.2) is 33.6 Å². The molecule has 1 amide bonds. The summed E-state index contributed by atoms with van der Waals surface area (Å²) in [6, 6.07) is 6.50. The summed E-state index contributed by atoms with van der Waals surface area (Å²) in [6.45, 7) is 20.3. The van der Waals surface area contributed by atoms with Crippen molar-refractivity contribution in [3.05, 3.63) is 24.3 Å². The van der Waals surface area contributed by atoms with Crippen LogP contribution < -0.4 is 5.32 Å². The van der Waals surface area contributed by atoms with Gasteiger partial charge in [-0.3, -0.25) is 4.79 Å². The maximum atomic E-state index is 13.8. The van der Waals surface area contributed by atoms with E-state index in [1.54, 1.807) is 24.3 Å². The Hall–Kier alpha value is 0.120. The van der Waals surface area contributed by atoms with Gasteiger partial charge in [0.15, 0.2) is 0 Å². The molecule has 11 heteroatoms. The molecule has 5 aliphatic rings.